The summed E-state index contributed by atoms with van der Waals surface area (Å²) in [6.07, 6.45) is 4.85. The van der Waals surface area contributed by atoms with Gasteiger partial charge in [0.15, 0.2) is 0 Å². The summed E-state index contributed by atoms with van der Waals surface area (Å²) < 4.78 is 5.33. The molecule has 0 radical (unpaired) electrons. The van der Waals surface area contributed by atoms with Crippen LogP contribution in [0.4, 0.5) is 0 Å². The van der Waals surface area contributed by atoms with E-state index in [4.69, 9.17) is 9.84 Å². The highest BCUT2D eigenvalue weighted by Crippen LogP contribution is 2.11. The van der Waals surface area contributed by atoms with E-state index in [1.165, 1.54) is 38.0 Å². The second kappa shape index (κ2) is 11.2. The van der Waals surface area contributed by atoms with Gasteiger partial charge < -0.3 is 14.7 Å². The molecule has 0 aromatic carbocycles. The highest BCUT2D eigenvalue weighted by molar-refractivity contribution is 4.92. The summed E-state index contributed by atoms with van der Waals surface area (Å²) >= 11 is 0. The average Bonchev–Trinajstić information content (AvgIpc) is 2.45. The first-order valence-corrected chi connectivity index (χ1v) is 8.38. The number of rotatable bonds is 10. The number of piperazine rings is 1. The molecule has 21 heavy (non-hydrogen) atoms. The first-order valence-electron chi connectivity index (χ1n) is 8.38. The van der Waals surface area contributed by atoms with E-state index < -0.39 is 0 Å². The third-order valence-electron chi connectivity index (χ3n) is 4.03. The summed E-state index contributed by atoms with van der Waals surface area (Å²) in [4.78, 5) is 5.06. The number of allylic oxidation sites excluding steroid dienone is 2. The van der Waals surface area contributed by atoms with Crippen LogP contribution in [0.5, 0.6) is 0 Å². The molecular weight excluding hydrogens is 264 g/mol. The maximum absolute atomic E-state index is 8.66. The smallest absolute Gasteiger partial charge is 0.0698 e. The second-order valence-corrected chi connectivity index (χ2v) is 6.44. The van der Waals surface area contributed by atoms with Gasteiger partial charge in [-0.2, -0.15) is 0 Å². The highest BCUT2D eigenvalue weighted by atomic mass is 16.5. The Morgan fingerprint density at radius 2 is 1.81 bits per heavy atom. The molecule has 1 N–H and O–H groups in total. The Balaban J connectivity index is 2.08. The fraction of sp³-hybridized carbons (Fsp3) is 0.882. The fourth-order valence-electron chi connectivity index (χ4n) is 2.74. The summed E-state index contributed by atoms with van der Waals surface area (Å²) in [6, 6.07) is 0. The lowest BCUT2D eigenvalue weighted by molar-refractivity contribution is 0.0551. The molecule has 1 aliphatic rings. The van der Waals surface area contributed by atoms with Crippen molar-refractivity contribution in [1.29, 1.82) is 0 Å². The molecule has 1 aliphatic heterocycles. The maximum atomic E-state index is 8.66. The van der Waals surface area contributed by atoms with Crippen molar-refractivity contribution in [3.8, 4) is 0 Å². The van der Waals surface area contributed by atoms with Crippen LogP contribution in [0.3, 0.4) is 0 Å². The van der Waals surface area contributed by atoms with Crippen molar-refractivity contribution in [3.05, 3.63) is 11.6 Å². The van der Waals surface area contributed by atoms with Gasteiger partial charge in [-0.15, -0.1) is 0 Å². The lowest BCUT2D eigenvalue weighted by atomic mass is 10.0. The lowest BCUT2D eigenvalue weighted by Crippen LogP contribution is -2.48. The maximum Gasteiger partial charge on any atom is 0.0698 e. The molecule has 1 heterocycles. The van der Waals surface area contributed by atoms with Gasteiger partial charge in [0.05, 0.1) is 19.8 Å². The zero-order chi connectivity index (χ0) is 15.5. The number of hydrogen-bond acceptors (Lipinski definition) is 4. The van der Waals surface area contributed by atoms with Crippen molar-refractivity contribution in [2.75, 3.05) is 59.1 Å². The molecule has 0 aromatic heterocycles. The normalized spacial score (nSPS) is 18.7. The van der Waals surface area contributed by atoms with Crippen molar-refractivity contribution in [1.82, 2.24) is 9.80 Å². The Hall–Kier alpha value is -0.420. The van der Waals surface area contributed by atoms with E-state index in [1.54, 1.807) is 0 Å². The van der Waals surface area contributed by atoms with Crippen molar-refractivity contribution in [2.45, 2.75) is 33.6 Å². The molecule has 1 fully saturated rings. The predicted octanol–water partition coefficient (Wildman–Crippen LogP) is 2.00. The van der Waals surface area contributed by atoms with Gasteiger partial charge in [0.2, 0.25) is 0 Å². The topological polar surface area (TPSA) is 35.9 Å². The van der Waals surface area contributed by atoms with Crippen LogP contribution >= 0.6 is 0 Å². The Kier molecular flexibility index (Phi) is 9.92. The van der Waals surface area contributed by atoms with E-state index in [2.05, 4.69) is 36.6 Å². The highest BCUT2D eigenvalue weighted by Gasteiger charge is 2.17. The minimum Gasteiger partial charge on any atom is -0.394 e. The van der Waals surface area contributed by atoms with E-state index in [0.29, 0.717) is 6.61 Å². The molecule has 0 aromatic rings. The number of nitrogens with zero attached hydrogens (tertiary/aromatic N) is 2. The number of aliphatic hydroxyl groups is 1. The van der Waals surface area contributed by atoms with Gasteiger partial charge in [0.25, 0.3) is 0 Å². The Labute approximate surface area is 130 Å². The Morgan fingerprint density at radius 3 is 2.43 bits per heavy atom. The van der Waals surface area contributed by atoms with Gasteiger partial charge in [-0.05, 0) is 32.6 Å². The van der Waals surface area contributed by atoms with Crippen LogP contribution < -0.4 is 0 Å². The average molecular weight is 298 g/mol. The minimum atomic E-state index is 0.123. The number of ether oxygens (including phenoxy) is 1. The van der Waals surface area contributed by atoms with Crippen LogP contribution in [0.15, 0.2) is 11.6 Å². The lowest BCUT2D eigenvalue weighted by Gasteiger charge is -2.35. The molecule has 0 saturated carbocycles. The van der Waals surface area contributed by atoms with Crippen LogP contribution in [-0.4, -0.2) is 74.0 Å². The molecule has 0 amide bonds. The Bertz CT molecular complexity index is 283. The first kappa shape index (κ1) is 18.6. The SMILES string of the molecule is CC(C)=CCC[C@H](C)CN1CCN(CCOCCO)CC1. The number of hydrogen-bond donors (Lipinski definition) is 1. The van der Waals surface area contributed by atoms with E-state index in [-0.39, 0.29) is 6.61 Å². The number of aliphatic hydroxyl groups excluding tert-OH is 1. The van der Waals surface area contributed by atoms with Crippen LogP contribution in [0, 0.1) is 5.92 Å². The van der Waals surface area contributed by atoms with E-state index in [0.717, 1.165) is 32.2 Å². The van der Waals surface area contributed by atoms with Crippen LogP contribution in [0.1, 0.15) is 33.6 Å². The van der Waals surface area contributed by atoms with Gasteiger partial charge in [-0.25, -0.2) is 0 Å². The van der Waals surface area contributed by atoms with E-state index >= 15 is 0 Å². The summed E-state index contributed by atoms with van der Waals surface area (Å²) in [5, 5.41) is 8.66. The van der Waals surface area contributed by atoms with Crippen LogP contribution in [-0.2, 0) is 4.74 Å². The molecular formula is C17H34N2O2. The van der Waals surface area contributed by atoms with Crippen molar-refractivity contribution < 1.29 is 9.84 Å². The zero-order valence-electron chi connectivity index (χ0n) is 14.2. The predicted molar refractivity (Wildman–Crippen MR) is 88.6 cm³/mol. The molecule has 0 spiro atoms. The molecule has 4 heteroatoms. The molecule has 1 saturated heterocycles. The molecule has 0 unspecified atom stereocenters. The summed E-state index contributed by atoms with van der Waals surface area (Å²) in [5.74, 6) is 0.778. The Morgan fingerprint density at radius 1 is 1.14 bits per heavy atom. The standard InChI is InChI=1S/C17H34N2O2/c1-16(2)5-4-6-17(3)15-19-9-7-18(8-10-19)11-13-21-14-12-20/h5,17,20H,4,6-15H2,1-3H3/t17-/m0/s1. The van der Waals surface area contributed by atoms with Crippen molar-refractivity contribution >= 4 is 0 Å². The van der Waals surface area contributed by atoms with Gasteiger partial charge in [0.1, 0.15) is 0 Å². The van der Waals surface area contributed by atoms with E-state index in [1.807, 2.05) is 0 Å². The van der Waals surface area contributed by atoms with Gasteiger partial charge in [0, 0.05) is 39.3 Å². The van der Waals surface area contributed by atoms with Gasteiger partial charge in [-0.3, -0.25) is 4.90 Å². The van der Waals surface area contributed by atoms with Crippen molar-refractivity contribution in [2.24, 2.45) is 5.92 Å². The zero-order valence-corrected chi connectivity index (χ0v) is 14.2. The van der Waals surface area contributed by atoms with Crippen molar-refractivity contribution in [3.63, 3.8) is 0 Å². The quantitative estimate of drug-likeness (QED) is 0.494. The second-order valence-electron chi connectivity index (χ2n) is 6.44. The monoisotopic (exact) mass is 298 g/mol. The van der Waals surface area contributed by atoms with Gasteiger partial charge in [-0.1, -0.05) is 18.6 Å². The third kappa shape index (κ3) is 9.25. The first-order chi connectivity index (χ1) is 10.1. The third-order valence-corrected chi connectivity index (χ3v) is 4.03. The molecule has 0 bridgehead atoms. The van der Waals surface area contributed by atoms with Crippen LogP contribution in [0.2, 0.25) is 0 Å². The van der Waals surface area contributed by atoms with Gasteiger partial charge >= 0.3 is 0 Å². The van der Waals surface area contributed by atoms with Crippen LogP contribution in [0.25, 0.3) is 0 Å². The summed E-state index contributed by atoms with van der Waals surface area (Å²) in [5.41, 5.74) is 1.43. The fourth-order valence-corrected chi connectivity index (χ4v) is 2.74. The summed E-state index contributed by atoms with van der Waals surface area (Å²) in [7, 11) is 0. The minimum absolute atomic E-state index is 0.123. The van der Waals surface area contributed by atoms with E-state index in [9.17, 15) is 0 Å². The molecule has 1 atom stereocenters. The molecule has 0 aliphatic carbocycles. The molecule has 4 nitrogen and oxygen atoms in total. The summed E-state index contributed by atoms with van der Waals surface area (Å²) in [6.45, 7) is 14.9. The largest absolute Gasteiger partial charge is 0.394 e. The molecule has 1 rings (SSSR count). The molecule has 124 valence electrons.